The van der Waals surface area contributed by atoms with E-state index in [1.54, 1.807) is 0 Å². The van der Waals surface area contributed by atoms with Gasteiger partial charge in [0.1, 0.15) is 0 Å². The van der Waals surface area contributed by atoms with Crippen molar-refractivity contribution in [1.29, 1.82) is 0 Å². The SMILES string of the molecule is CCCCCCCCC=CCCCCCCCCCCCC(=O)NC(CO)CCCC. The quantitative estimate of drug-likeness (QED) is 0.118. The molecule has 0 saturated carbocycles. The first-order chi connectivity index (χ1) is 15.2. The van der Waals surface area contributed by atoms with Crippen molar-refractivity contribution in [1.82, 2.24) is 5.32 Å². The first-order valence-corrected chi connectivity index (χ1v) is 13.8. The number of aliphatic hydroxyl groups is 1. The van der Waals surface area contributed by atoms with Crippen LogP contribution in [0.3, 0.4) is 0 Å². The summed E-state index contributed by atoms with van der Waals surface area (Å²) in [5.41, 5.74) is 0. The first kappa shape index (κ1) is 30.2. The van der Waals surface area contributed by atoms with Gasteiger partial charge in [0.2, 0.25) is 5.91 Å². The van der Waals surface area contributed by atoms with Crippen molar-refractivity contribution in [3.63, 3.8) is 0 Å². The van der Waals surface area contributed by atoms with Gasteiger partial charge in [0.05, 0.1) is 12.6 Å². The molecule has 3 heteroatoms. The summed E-state index contributed by atoms with van der Waals surface area (Å²) in [6.07, 6.45) is 30.8. The van der Waals surface area contributed by atoms with Crippen molar-refractivity contribution >= 4 is 5.91 Å². The van der Waals surface area contributed by atoms with Gasteiger partial charge in [-0.25, -0.2) is 0 Å². The van der Waals surface area contributed by atoms with E-state index in [-0.39, 0.29) is 18.6 Å². The van der Waals surface area contributed by atoms with E-state index in [9.17, 15) is 9.90 Å². The normalized spacial score (nSPS) is 12.5. The third kappa shape index (κ3) is 23.7. The number of hydrogen-bond acceptors (Lipinski definition) is 2. The molecule has 31 heavy (non-hydrogen) atoms. The van der Waals surface area contributed by atoms with Crippen LogP contribution in [-0.4, -0.2) is 23.7 Å². The third-order valence-corrected chi connectivity index (χ3v) is 6.16. The average molecular weight is 438 g/mol. The Kier molecular flexibility index (Phi) is 24.7. The molecule has 0 aromatic heterocycles. The molecular formula is C28H55NO2. The molecule has 0 aliphatic rings. The van der Waals surface area contributed by atoms with Crippen LogP contribution in [0.25, 0.3) is 0 Å². The first-order valence-electron chi connectivity index (χ1n) is 13.8. The molecule has 0 spiro atoms. The lowest BCUT2D eigenvalue weighted by Gasteiger charge is -2.15. The molecule has 0 fully saturated rings. The summed E-state index contributed by atoms with van der Waals surface area (Å²) < 4.78 is 0. The number of hydrogen-bond donors (Lipinski definition) is 2. The summed E-state index contributed by atoms with van der Waals surface area (Å²) in [5.74, 6) is 0.108. The lowest BCUT2D eigenvalue weighted by Crippen LogP contribution is -2.37. The molecule has 0 aliphatic carbocycles. The van der Waals surface area contributed by atoms with Gasteiger partial charge in [-0.05, 0) is 38.5 Å². The van der Waals surface area contributed by atoms with Crippen LogP contribution in [0.2, 0.25) is 0 Å². The van der Waals surface area contributed by atoms with Gasteiger partial charge in [0.15, 0.2) is 0 Å². The van der Waals surface area contributed by atoms with Gasteiger partial charge in [-0.3, -0.25) is 4.79 Å². The second kappa shape index (κ2) is 25.4. The highest BCUT2D eigenvalue weighted by molar-refractivity contribution is 5.76. The van der Waals surface area contributed by atoms with Crippen molar-refractivity contribution in [3.05, 3.63) is 12.2 Å². The summed E-state index contributed by atoms with van der Waals surface area (Å²) in [4.78, 5) is 11.9. The highest BCUT2D eigenvalue weighted by Gasteiger charge is 2.10. The molecule has 1 atom stereocenters. The van der Waals surface area contributed by atoms with Gasteiger partial charge < -0.3 is 10.4 Å². The monoisotopic (exact) mass is 437 g/mol. The van der Waals surface area contributed by atoms with E-state index >= 15 is 0 Å². The van der Waals surface area contributed by atoms with Crippen LogP contribution in [0, 0.1) is 0 Å². The molecule has 184 valence electrons. The van der Waals surface area contributed by atoms with Crippen molar-refractivity contribution in [2.75, 3.05) is 6.61 Å². The second-order valence-electron chi connectivity index (χ2n) is 9.34. The Morgan fingerprint density at radius 2 is 1.13 bits per heavy atom. The predicted octanol–water partition coefficient (Wildman–Crippen LogP) is 8.25. The Morgan fingerprint density at radius 1 is 0.677 bits per heavy atom. The molecule has 2 N–H and O–H groups in total. The fourth-order valence-corrected chi connectivity index (χ4v) is 4.02. The van der Waals surface area contributed by atoms with Crippen LogP contribution in [-0.2, 0) is 4.79 Å². The Hall–Kier alpha value is -0.830. The van der Waals surface area contributed by atoms with Gasteiger partial charge in [-0.2, -0.15) is 0 Å². The standard InChI is InChI=1S/C28H55NO2/c1-3-5-7-8-9-10-11-12-13-14-15-16-17-18-19-20-21-22-23-25-28(31)29-27(26-30)24-6-4-2/h12-13,27,30H,3-11,14-26H2,1-2H3,(H,29,31). The van der Waals surface area contributed by atoms with Gasteiger partial charge >= 0.3 is 0 Å². The smallest absolute Gasteiger partial charge is 0.220 e. The molecule has 1 unspecified atom stereocenters. The van der Waals surface area contributed by atoms with Crippen LogP contribution in [0.5, 0.6) is 0 Å². The molecule has 0 aromatic carbocycles. The fourth-order valence-electron chi connectivity index (χ4n) is 4.02. The highest BCUT2D eigenvalue weighted by Crippen LogP contribution is 2.12. The van der Waals surface area contributed by atoms with Gasteiger partial charge in [-0.1, -0.05) is 116 Å². The van der Waals surface area contributed by atoms with E-state index in [0.717, 1.165) is 32.1 Å². The number of unbranched alkanes of at least 4 members (excludes halogenated alkanes) is 16. The minimum Gasteiger partial charge on any atom is -0.394 e. The molecule has 3 nitrogen and oxygen atoms in total. The summed E-state index contributed by atoms with van der Waals surface area (Å²) >= 11 is 0. The Morgan fingerprint density at radius 3 is 1.61 bits per heavy atom. The van der Waals surface area contributed by atoms with Crippen LogP contribution >= 0.6 is 0 Å². The van der Waals surface area contributed by atoms with Crippen molar-refractivity contribution < 1.29 is 9.90 Å². The zero-order valence-electron chi connectivity index (χ0n) is 21.1. The predicted molar refractivity (Wildman–Crippen MR) is 136 cm³/mol. The Bertz CT molecular complexity index is 394. The average Bonchev–Trinajstić information content (AvgIpc) is 2.78. The van der Waals surface area contributed by atoms with E-state index in [0.29, 0.717) is 6.42 Å². The summed E-state index contributed by atoms with van der Waals surface area (Å²) in [5, 5.41) is 12.3. The van der Waals surface area contributed by atoms with Gasteiger partial charge in [-0.15, -0.1) is 0 Å². The Balaban J connectivity index is 3.29. The largest absolute Gasteiger partial charge is 0.394 e. The molecular weight excluding hydrogens is 382 g/mol. The zero-order valence-corrected chi connectivity index (χ0v) is 21.1. The van der Waals surface area contributed by atoms with Crippen molar-refractivity contribution in [3.8, 4) is 0 Å². The molecule has 0 aliphatic heterocycles. The second-order valence-corrected chi connectivity index (χ2v) is 9.34. The zero-order chi connectivity index (χ0) is 22.8. The lowest BCUT2D eigenvalue weighted by atomic mass is 10.0. The van der Waals surface area contributed by atoms with Gasteiger partial charge in [0.25, 0.3) is 0 Å². The number of amides is 1. The van der Waals surface area contributed by atoms with E-state index in [1.165, 1.54) is 96.3 Å². The van der Waals surface area contributed by atoms with Crippen LogP contribution < -0.4 is 5.32 Å². The number of nitrogens with one attached hydrogen (secondary N) is 1. The molecule has 0 bridgehead atoms. The highest BCUT2D eigenvalue weighted by atomic mass is 16.3. The summed E-state index contributed by atoms with van der Waals surface area (Å²) in [6, 6.07) is -0.0525. The number of carbonyl (C=O) groups excluding carboxylic acids is 1. The lowest BCUT2D eigenvalue weighted by molar-refractivity contribution is -0.122. The number of allylic oxidation sites excluding steroid dienone is 2. The molecule has 0 aromatic rings. The maximum absolute atomic E-state index is 11.9. The van der Waals surface area contributed by atoms with Crippen LogP contribution in [0.1, 0.15) is 149 Å². The number of rotatable bonds is 24. The number of carbonyl (C=O) groups is 1. The molecule has 0 rings (SSSR count). The molecule has 0 saturated heterocycles. The Labute approximate surface area is 194 Å². The van der Waals surface area contributed by atoms with Crippen LogP contribution in [0.4, 0.5) is 0 Å². The van der Waals surface area contributed by atoms with Crippen molar-refractivity contribution in [2.45, 2.75) is 155 Å². The fraction of sp³-hybridized carbons (Fsp3) is 0.893. The maximum atomic E-state index is 11.9. The minimum absolute atomic E-state index is 0.0525. The molecule has 0 heterocycles. The van der Waals surface area contributed by atoms with Crippen LogP contribution in [0.15, 0.2) is 12.2 Å². The summed E-state index contributed by atoms with van der Waals surface area (Å²) in [7, 11) is 0. The third-order valence-electron chi connectivity index (χ3n) is 6.16. The van der Waals surface area contributed by atoms with E-state index < -0.39 is 0 Å². The molecule has 1 amide bonds. The maximum Gasteiger partial charge on any atom is 0.220 e. The van der Waals surface area contributed by atoms with E-state index in [4.69, 9.17) is 0 Å². The van der Waals surface area contributed by atoms with E-state index in [2.05, 4.69) is 31.3 Å². The number of aliphatic hydroxyl groups excluding tert-OH is 1. The van der Waals surface area contributed by atoms with Gasteiger partial charge in [0, 0.05) is 6.42 Å². The summed E-state index contributed by atoms with van der Waals surface area (Å²) in [6.45, 7) is 4.46. The minimum atomic E-state index is -0.0525. The van der Waals surface area contributed by atoms with Crippen molar-refractivity contribution in [2.24, 2.45) is 0 Å². The molecule has 0 radical (unpaired) electrons. The topological polar surface area (TPSA) is 49.3 Å². The van der Waals surface area contributed by atoms with E-state index in [1.807, 2.05) is 0 Å².